The van der Waals surface area contributed by atoms with Gasteiger partial charge < -0.3 is 10.5 Å². The number of hydrogen-bond acceptors (Lipinski definition) is 2. The van der Waals surface area contributed by atoms with Gasteiger partial charge in [-0.15, -0.1) is 0 Å². The van der Waals surface area contributed by atoms with Gasteiger partial charge >= 0.3 is 0 Å². The van der Waals surface area contributed by atoms with Crippen molar-refractivity contribution in [2.45, 2.75) is 50.7 Å². The van der Waals surface area contributed by atoms with Crippen molar-refractivity contribution >= 4 is 23.2 Å². The van der Waals surface area contributed by atoms with Crippen molar-refractivity contribution in [2.75, 3.05) is 6.61 Å². The van der Waals surface area contributed by atoms with Gasteiger partial charge in [-0.05, 0) is 50.2 Å². The standard InChI is InChI=1S/C15H21Cl2NO/c16-14-6-3-4-11(15(14)17)10-12(18)7-8-13-5-1-2-9-19-13/h3-4,6,12-13H,1-2,5,7-10,18H2. The van der Waals surface area contributed by atoms with Crippen LogP contribution in [-0.2, 0) is 11.2 Å². The highest BCUT2D eigenvalue weighted by atomic mass is 35.5. The number of halogens is 2. The van der Waals surface area contributed by atoms with E-state index in [-0.39, 0.29) is 6.04 Å². The van der Waals surface area contributed by atoms with Gasteiger partial charge in [0.2, 0.25) is 0 Å². The average molecular weight is 302 g/mol. The van der Waals surface area contributed by atoms with Crippen LogP contribution in [0.15, 0.2) is 18.2 Å². The lowest BCUT2D eigenvalue weighted by atomic mass is 9.98. The summed E-state index contributed by atoms with van der Waals surface area (Å²) in [5, 5.41) is 1.23. The lowest BCUT2D eigenvalue weighted by molar-refractivity contribution is 0.00916. The predicted molar refractivity (Wildman–Crippen MR) is 81.0 cm³/mol. The Balaban J connectivity index is 1.80. The van der Waals surface area contributed by atoms with Crippen molar-refractivity contribution in [1.29, 1.82) is 0 Å². The van der Waals surface area contributed by atoms with Crippen LogP contribution in [0.3, 0.4) is 0 Å². The summed E-state index contributed by atoms with van der Waals surface area (Å²) in [6, 6.07) is 5.82. The van der Waals surface area contributed by atoms with Gasteiger partial charge in [-0.2, -0.15) is 0 Å². The minimum Gasteiger partial charge on any atom is -0.378 e. The van der Waals surface area contributed by atoms with Crippen molar-refractivity contribution in [3.05, 3.63) is 33.8 Å². The van der Waals surface area contributed by atoms with Gasteiger partial charge in [-0.3, -0.25) is 0 Å². The summed E-state index contributed by atoms with van der Waals surface area (Å²) in [6.07, 6.45) is 6.82. The van der Waals surface area contributed by atoms with Gasteiger partial charge in [0, 0.05) is 12.6 Å². The number of benzene rings is 1. The SMILES string of the molecule is NC(CCC1CCCCO1)Cc1cccc(Cl)c1Cl. The van der Waals surface area contributed by atoms with Gasteiger partial charge in [0.1, 0.15) is 0 Å². The normalized spacial score (nSPS) is 21.3. The smallest absolute Gasteiger partial charge is 0.0624 e. The van der Waals surface area contributed by atoms with E-state index >= 15 is 0 Å². The summed E-state index contributed by atoms with van der Waals surface area (Å²) in [5.74, 6) is 0. The van der Waals surface area contributed by atoms with Crippen LogP contribution in [0, 0.1) is 0 Å². The monoisotopic (exact) mass is 301 g/mol. The molecule has 106 valence electrons. The molecule has 2 nitrogen and oxygen atoms in total. The number of hydrogen-bond donors (Lipinski definition) is 1. The molecule has 1 aliphatic rings. The highest BCUT2D eigenvalue weighted by molar-refractivity contribution is 6.42. The molecular weight excluding hydrogens is 281 g/mol. The van der Waals surface area contributed by atoms with Crippen LogP contribution in [0.5, 0.6) is 0 Å². The second-order valence-corrected chi connectivity index (χ2v) is 6.03. The summed E-state index contributed by atoms with van der Waals surface area (Å²) < 4.78 is 5.72. The Morgan fingerprint density at radius 3 is 2.89 bits per heavy atom. The van der Waals surface area contributed by atoms with Crippen LogP contribution in [-0.4, -0.2) is 18.8 Å². The van der Waals surface area contributed by atoms with E-state index in [9.17, 15) is 0 Å². The quantitative estimate of drug-likeness (QED) is 0.884. The second kappa shape index (κ2) is 7.49. The van der Waals surface area contributed by atoms with Gasteiger partial charge in [-0.25, -0.2) is 0 Å². The first-order valence-corrected chi connectivity index (χ1v) is 7.72. The lowest BCUT2D eigenvalue weighted by Gasteiger charge is -2.24. The minimum absolute atomic E-state index is 0.112. The topological polar surface area (TPSA) is 35.2 Å². The molecule has 0 aliphatic carbocycles. The van der Waals surface area contributed by atoms with Crippen molar-refractivity contribution in [1.82, 2.24) is 0 Å². The maximum absolute atomic E-state index is 6.18. The molecule has 1 heterocycles. The molecule has 2 atom stereocenters. The molecule has 0 bridgehead atoms. The fraction of sp³-hybridized carbons (Fsp3) is 0.600. The van der Waals surface area contributed by atoms with E-state index in [1.807, 2.05) is 12.1 Å². The number of ether oxygens (including phenoxy) is 1. The summed E-state index contributed by atoms with van der Waals surface area (Å²) in [7, 11) is 0. The van der Waals surface area contributed by atoms with Crippen molar-refractivity contribution in [3.63, 3.8) is 0 Å². The lowest BCUT2D eigenvalue weighted by Crippen LogP contribution is -2.27. The minimum atomic E-state index is 0.112. The molecule has 0 radical (unpaired) electrons. The third kappa shape index (κ3) is 4.64. The molecule has 0 amide bonds. The Morgan fingerprint density at radius 2 is 2.16 bits per heavy atom. The second-order valence-electron chi connectivity index (χ2n) is 5.24. The predicted octanol–water partition coefficient (Wildman–Crippen LogP) is 4.21. The molecule has 1 fully saturated rings. The molecule has 1 saturated heterocycles. The highest BCUT2D eigenvalue weighted by Gasteiger charge is 2.16. The van der Waals surface area contributed by atoms with E-state index in [0.717, 1.165) is 31.4 Å². The largest absolute Gasteiger partial charge is 0.378 e. The third-order valence-corrected chi connectivity index (χ3v) is 4.51. The van der Waals surface area contributed by atoms with Crippen molar-refractivity contribution in [3.8, 4) is 0 Å². The molecule has 0 aromatic heterocycles. The fourth-order valence-corrected chi connectivity index (χ4v) is 2.92. The zero-order chi connectivity index (χ0) is 13.7. The van der Waals surface area contributed by atoms with Crippen molar-refractivity contribution < 1.29 is 4.74 Å². The van der Waals surface area contributed by atoms with E-state index in [1.165, 1.54) is 19.3 Å². The molecule has 0 spiro atoms. The van der Waals surface area contributed by atoms with Gasteiger partial charge in [0.25, 0.3) is 0 Å². The van der Waals surface area contributed by atoms with Crippen LogP contribution >= 0.6 is 23.2 Å². The van der Waals surface area contributed by atoms with Crippen LogP contribution in [0.25, 0.3) is 0 Å². The maximum Gasteiger partial charge on any atom is 0.0624 e. The molecule has 4 heteroatoms. The first kappa shape index (κ1) is 15.1. The molecule has 19 heavy (non-hydrogen) atoms. The maximum atomic E-state index is 6.18. The molecule has 1 aromatic rings. The fourth-order valence-electron chi connectivity index (χ4n) is 2.53. The van der Waals surface area contributed by atoms with Crippen molar-refractivity contribution in [2.24, 2.45) is 5.73 Å². The zero-order valence-electron chi connectivity index (χ0n) is 11.1. The van der Waals surface area contributed by atoms with Crippen LogP contribution in [0.2, 0.25) is 10.0 Å². The zero-order valence-corrected chi connectivity index (χ0v) is 12.6. The Morgan fingerprint density at radius 1 is 1.32 bits per heavy atom. The molecule has 2 unspecified atom stereocenters. The average Bonchev–Trinajstić information content (AvgIpc) is 2.43. The van der Waals surface area contributed by atoms with Crippen LogP contribution < -0.4 is 5.73 Å². The highest BCUT2D eigenvalue weighted by Crippen LogP contribution is 2.27. The summed E-state index contributed by atoms with van der Waals surface area (Å²) in [4.78, 5) is 0. The van der Waals surface area contributed by atoms with E-state index in [1.54, 1.807) is 6.07 Å². The molecular formula is C15H21Cl2NO. The van der Waals surface area contributed by atoms with Gasteiger partial charge in [0.15, 0.2) is 0 Å². The van der Waals surface area contributed by atoms with E-state index < -0.39 is 0 Å². The van der Waals surface area contributed by atoms with E-state index in [4.69, 9.17) is 33.7 Å². The summed E-state index contributed by atoms with van der Waals surface area (Å²) in [5.41, 5.74) is 7.22. The van der Waals surface area contributed by atoms with E-state index in [0.29, 0.717) is 16.1 Å². The third-order valence-electron chi connectivity index (χ3n) is 3.65. The Bertz CT molecular complexity index is 405. The molecule has 2 rings (SSSR count). The first-order chi connectivity index (χ1) is 9.16. The molecule has 0 saturated carbocycles. The number of rotatable bonds is 5. The van der Waals surface area contributed by atoms with Crippen LogP contribution in [0.4, 0.5) is 0 Å². The number of nitrogens with two attached hydrogens (primary N) is 1. The first-order valence-electron chi connectivity index (χ1n) is 6.97. The van der Waals surface area contributed by atoms with E-state index in [2.05, 4.69) is 0 Å². The van der Waals surface area contributed by atoms with Crippen LogP contribution in [0.1, 0.15) is 37.7 Å². The summed E-state index contributed by atoms with van der Waals surface area (Å²) in [6.45, 7) is 0.903. The molecule has 1 aliphatic heterocycles. The van der Waals surface area contributed by atoms with Gasteiger partial charge in [0.05, 0.1) is 16.1 Å². The Kier molecular flexibility index (Phi) is 5.96. The summed E-state index contributed by atoms with van der Waals surface area (Å²) >= 11 is 12.2. The molecule has 2 N–H and O–H groups in total. The Labute approximate surface area is 125 Å². The van der Waals surface area contributed by atoms with Gasteiger partial charge in [-0.1, -0.05) is 35.3 Å². The molecule has 1 aromatic carbocycles. The Hall–Kier alpha value is -0.280.